The summed E-state index contributed by atoms with van der Waals surface area (Å²) in [5.74, 6) is -0.0700. The van der Waals surface area contributed by atoms with Crippen LogP contribution in [0.3, 0.4) is 0 Å². The van der Waals surface area contributed by atoms with Crippen molar-refractivity contribution in [2.45, 2.75) is 45.6 Å². The highest BCUT2D eigenvalue weighted by Crippen LogP contribution is 2.28. The van der Waals surface area contributed by atoms with Gasteiger partial charge in [0.05, 0.1) is 5.92 Å². The molecule has 0 aliphatic heterocycles. The van der Waals surface area contributed by atoms with Gasteiger partial charge in [-0.25, -0.2) is 4.98 Å². The van der Waals surface area contributed by atoms with Crippen LogP contribution >= 0.6 is 0 Å². The van der Waals surface area contributed by atoms with E-state index in [0.717, 1.165) is 32.1 Å². The smallest absolute Gasteiger partial charge is 0.306 e. The number of aliphatic carboxylic acids is 1. The van der Waals surface area contributed by atoms with Crippen LogP contribution in [0.5, 0.6) is 0 Å². The molecule has 6 heteroatoms. The summed E-state index contributed by atoms with van der Waals surface area (Å²) in [5.41, 5.74) is -0.0847. The molecule has 0 atom stereocenters. The van der Waals surface area contributed by atoms with Crippen molar-refractivity contribution in [3.05, 3.63) is 22.7 Å². The highest BCUT2D eigenvalue weighted by atomic mass is 16.4. The minimum Gasteiger partial charge on any atom is -0.481 e. The van der Waals surface area contributed by atoms with E-state index in [-0.39, 0.29) is 11.5 Å². The third-order valence-corrected chi connectivity index (χ3v) is 4.13. The number of aryl methyl sites for hydroxylation is 1. The van der Waals surface area contributed by atoms with E-state index in [0.29, 0.717) is 24.8 Å². The Morgan fingerprint density at radius 3 is 2.76 bits per heavy atom. The fraction of sp³-hybridized carbons (Fsp3) is 0.667. The normalized spacial score (nSPS) is 22.0. The first-order valence-electron chi connectivity index (χ1n) is 7.64. The fourth-order valence-electron chi connectivity index (χ4n) is 2.84. The van der Waals surface area contributed by atoms with Crippen LogP contribution in [0, 0.1) is 11.8 Å². The van der Waals surface area contributed by atoms with E-state index in [4.69, 9.17) is 5.11 Å². The number of rotatable bonds is 6. The summed E-state index contributed by atoms with van der Waals surface area (Å²) >= 11 is 0. The Balaban J connectivity index is 1.88. The van der Waals surface area contributed by atoms with Gasteiger partial charge in [-0.15, -0.1) is 0 Å². The largest absolute Gasteiger partial charge is 0.481 e. The number of nitrogens with zero attached hydrogens (tertiary/aromatic N) is 2. The van der Waals surface area contributed by atoms with Crippen molar-refractivity contribution in [3.63, 3.8) is 0 Å². The molecule has 0 spiro atoms. The van der Waals surface area contributed by atoms with Gasteiger partial charge in [0, 0.05) is 25.5 Å². The lowest BCUT2D eigenvalue weighted by molar-refractivity contribution is -0.143. The molecule has 116 valence electrons. The topological polar surface area (TPSA) is 84.2 Å². The summed E-state index contributed by atoms with van der Waals surface area (Å²) < 4.78 is 1.66. The minimum atomic E-state index is -0.686. The summed E-state index contributed by atoms with van der Waals surface area (Å²) in [4.78, 5) is 27.2. The van der Waals surface area contributed by atoms with Crippen LogP contribution in [0.25, 0.3) is 0 Å². The molecule has 21 heavy (non-hydrogen) atoms. The average molecular weight is 293 g/mol. The number of nitrogens with one attached hydrogen (secondary N) is 1. The second kappa shape index (κ2) is 7.24. The molecule has 0 unspecified atom stereocenters. The lowest BCUT2D eigenvalue weighted by Gasteiger charge is -2.26. The number of carboxylic acid groups (broad SMARTS) is 1. The lowest BCUT2D eigenvalue weighted by Crippen LogP contribution is -2.29. The van der Waals surface area contributed by atoms with Gasteiger partial charge in [0.15, 0.2) is 5.82 Å². The maximum Gasteiger partial charge on any atom is 0.306 e. The Bertz CT molecular complexity index is 533. The second-order valence-corrected chi connectivity index (χ2v) is 5.71. The Kier molecular flexibility index (Phi) is 5.36. The van der Waals surface area contributed by atoms with E-state index in [9.17, 15) is 9.59 Å². The van der Waals surface area contributed by atoms with E-state index < -0.39 is 5.97 Å². The van der Waals surface area contributed by atoms with Gasteiger partial charge in [-0.05, 0) is 38.0 Å². The van der Waals surface area contributed by atoms with Gasteiger partial charge in [0.25, 0.3) is 5.56 Å². The van der Waals surface area contributed by atoms with Gasteiger partial charge in [-0.3, -0.25) is 9.59 Å². The summed E-state index contributed by atoms with van der Waals surface area (Å²) in [6, 6.07) is 0. The molecule has 1 aromatic rings. The first-order valence-corrected chi connectivity index (χ1v) is 7.64. The van der Waals surface area contributed by atoms with Crippen LogP contribution < -0.4 is 10.9 Å². The van der Waals surface area contributed by atoms with Crippen molar-refractivity contribution in [1.29, 1.82) is 0 Å². The van der Waals surface area contributed by atoms with Gasteiger partial charge in [-0.2, -0.15) is 0 Å². The number of carbonyl (C=O) groups is 1. The summed E-state index contributed by atoms with van der Waals surface area (Å²) in [7, 11) is 0. The van der Waals surface area contributed by atoms with Crippen LogP contribution in [0.15, 0.2) is 17.2 Å². The van der Waals surface area contributed by atoms with Gasteiger partial charge in [0.2, 0.25) is 0 Å². The van der Waals surface area contributed by atoms with Crippen molar-refractivity contribution < 1.29 is 9.90 Å². The summed E-state index contributed by atoms with van der Waals surface area (Å²) in [6.45, 7) is 3.41. The minimum absolute atomic E-state index is 0.0847. The lowest BCUT2D eigenvalue weighted by atomic mass is 9.82. The van der Waals surface area contributed by atoms with Crippen molar-refractivity contribution in [1.82, 2.24) is 9.55 Å². The van der Waals surface area contributed by atoms with Crippen LogP contribution in [0.1, 0.15) is 39.0 Å². The molecule has 2 N–H and O–H groups in total. The highest BCUT2D eigenvalue weighted by molar-refractivity contribution is 5.69. The monoisotopic (exact) mass is 293 g/mol. The predicted octanol–water partition coefficient (Wildman–Crippen LogP) is 1.96. The Labute approximate surface area is 124 Å². The molecule has 2 rings (SSSR count). The Hall–Kier alpha value is -1.85. The molecule has 0 amide bonds. The molecule has 6 nitrogen and oxygen atoms in total. The molecule has 1 saturated carbocycles. The molecular weight excluding hydrogens is 270 g/mol. The first-order chi connectivity index (χ1) is 10.1. The highest BCUT2D eigenvalue weighted by Gasteiger charge is 2.25. The maximum absolute atomic E-state index is 12.1. The van der Waals surface area contributed by atoms with E-state index >= 15 is 0 Å². The van der Waals surface area contributed by atoms with E-state index in [1.807, 2.05) is 6.92 Å². The van der Waals surface area contributed by atoms with Crippen molar-refractivity contribution in [2.24, 2.45) is 11.8 Å². The standard InChI is InChI=1S/C15H23N3O3/c1-2-8-18-9-7-16-13(14(18)19)17-10-11-3-5-12(6-4-11)15(20)21/h7,9,11-12H,2-6,8,10H2,1H3,(H,16,17)(H,20,21). The number of aromatic nitrogens is 2. The molecule has 1 aliphatic rings. The van der Waals surface area contributed by atoms with Crippen LogP contribution in [-0.2, 0) is 11.3 Å². The Morgan fingerprint density at radius 2 is 2.14 bits per heavy atom. The van der Waals surface area contributed by atoms with Crippen LogP contribution in [0.4, 0.5) is 5.82 Å². The molecule has 0 bridgehead atoms. The zero-order chi connectivity index (χ0) is 15.2. The fourth-order valence-corrected chi connectivity index (χ4v) is 2.84. The zero-order valence-corrected chi connectivity index (χ0v) is 12.4. The van der Waals surface area contributed by atoms with Gasteiger partial charge in [0.1, 0.15) is 0 Å². The maximum atomic E-state index is 12.1. The molecule has 0 radical (unpaired) electrons. The first kappa shape index (κ1) is 15.5. The van der Waals surface area contributed by atoms with Crippen molar-refractivity contribution in [3.8, 4) is 0 Å². The number of hydrogen-bond donors (Lipinski definition) is 2. The third-order valence-electron chi connectivity index (χ3n) is 4.13. The summed E-state index contributed by atoms with van der Waals surface area (Å²) in [6.07, 6.45) is 7.48. The molecule has 0 aromatic carbocycles. The molecule has 1 aromatic heterocycles. The van der Waals surface area contributed by atoms with Crippen LogP contribution in [-0.4, -0.2) is 27.2 Å². The van der Waals surface area contributed by atoms with Gasteiger partial charge >= 0.3 is 5.97 Å². The second-order valence-electron chi connectivity index (χ2n) is 5.71. The summed E-state index contributed by atoms with van der Waals surface area (Å²) in [5, 5.41) is 12.1. The molecule has 1 aliphatic carbocycles. The van der Waals surface area contributed by atoms with E-state index in [1.54, 1.807) is 17.0 Å². The predicted molar refractivity (Wildman–Crippen MR) is 80.4 cm³/mol. The van der Waals surface area contributed by atoms with Crippen molar-refractivity contribution >= 4 is 11.8 Å². The van der Waals surface area contributed by atoms with Crippen molar-refractivity contribution in [2.75, 3.05) is 11.9 Å². The quantitative estimate of drug-likeness (QED) is 0.837. The van der Waals surface area contributed by atoms with E-state index in [1.165, 1.54) is 0 Å². The van der Waals surface area contributed by atoms with Gasteiger partial charge < -0.3 is 15.0 Å². The number of hydrogen-bond acceptors (Lipinski definition) is 4. The zero-order valence-electron chi connectivity index (χ0n) is 12.4. The number of carboxylic acids is 1. The molecule has 1 heterocycles. The van der Waals surface area contributed by atoms with Gasteiger partial charge in [-0.1, -0.05) is 6.92 Å². The molecule has 0 saturated heterocycles. The SMILES string of the molecule is CCCn1ccnc(NCC2CCC(C(=O)O)CC2)c1=O. The third kappa shape index (κ3) is 4.06. The number of anilines is 1. The van der Waals surface area contributed by atoms with Crippen LogP contribution in [0.2, 0.25) is 0 Å². The average Bonchev–Trinajstić information content (AvgIpc) is 2.49. The molecule has 1 fully saturated rings. The molecular formula is C15H23N3O3. The van der Waals surface area contributed by atoms with E-state index in [2.05, 4.69) is 10.3 Å². The Morgan fingerprint density at radius 1 is 1.43 bits per heavy atom.